The summed E-state index contributed by atoms with van der Waals surface area (Å²) < 4.78 is 23.6. The number of nitrogens with two attached hydrogens (primary N) is 2. The maximum Gasteiger partial charge on any atom is 0.355 e. The summed E-state index contributed by atoms with van der Waals surface area (Å²) in [6.07, 6.45) is 3.88. The van der Waals surface area contributed by atoms with Crippen LogP contribution in [0.15, 0.2) is 84.2 Å². The Labute approximate surface area is 523 Å². The Balaban J connectivity index is 0.000000208. The van der Waals surface area contributed by atoms with Crippen molar-refractivity contribution < 1.29 is 85.7 Å². The van der Waals surface area contributed by atoms with Gasteiger partial charge in [0.05, 0.1) is 56.2 Å². The van der Waals surface area contributed by atoms with Gasteiger partial charge in [0.25, 0.3) is 11.8 Å². The molecule has 24 heteroatoms. The molecule has 0 aromatic heterocycles. The quantitative estimate of drug-likeness (QED) is 0.0154. The van der Waals surface area contributed by atoms with Gasteiger partial charge in [0.1, 0.15) is 128 Å². The Bertz CT molecular complexity index is 3030. The molecule has 0 radical (unpaired) electrons. The predicted octanol–water partition coefficient (Wildman–Crippen LogP) is 2.67. The number of rotatable bonds is 26. The van der Waals surface area contributed by atoms with Crippen molar-refractivity contribution in [2.75, 3.05) is 131 Å². The summed E-state index contributed by atoms with van der Waals surface area (Å²) in [5.74, 6) is -4.70. The van der Waals surface area contributed by atoms with E-state index in [9.17, 15) is 43.8 Å². The summed E-state index contributed by atoms with van der Waals surface area (Å²) >= 11 is 4.46. The van der Waals surface area contributed by atoms with Crippen LogP contribution in [0.3, 0.4) is 0 Å². The summed E-state index contributed by atoms with van der Waals surface area (Å²) in [6, 6.07) is 11.6. The Morgan fingerprint density at radius 2 is 1.07 bits per heavy atom. The topological polar surface area (TPSA) is 265 Å². The summed E-state index contributed by atoms with van der Waals surface area (Å²) in [5.41, 5.74) is 14.7. The fraction of sp³-hybridized carbons (Fsp3) is 0.557. The van der Waals surface area contributed by atoms with Gasteiger partial charge in [-0.15, -0.1) is 6.58 Å². The van der Waals surface area contributed by atoms with Gasteiger partial charge in [-0.2, -0.15) is 4.89 Å². The summed E-state index contributed by atoms with van der Waals surface area (Å²) in [5, 5.41) is 19.9. The second-order valence-electron chi connectivity index (χ2n) is 24.8. The SMILES string of the molecule is C=CCOOC(=O)C(C)C1C(=O)N2C(C(=O)OCC=C)=C(COc3cc(CC[N+]45CC[N+](CC(N)=O)(CC4)CC5)ccc3I)[C@H](C)C12.CC(O)C1C(=O)N2C(C(=O)O)=C(COc3cc(CC[N+]45CC[N+](CC(N)=O)(CC4)CC5)ccc3I)[C@H](C)C12. The molecule has 8 atom stereocenters. The highest BCUT2D eigenvalue weighted by molar-refractivity contribution is 14.1. The molecule has 0 spiro atoms. The molecular formula is C61H82I2N8O14+4. The van der Waals surface area contributed by atoms with Crippen LogP contribution in [0.4, 0.5) is 0 Å². The van der Waals surface area contributed by atoms with Crippen molar-refractivity contribution in [3.8, 4) is 11.5 Å². The molecule has 10 aliphatic rings. The van der Waals surface area contributed by atoms with Crippen molar-refractivity contribution in [1.82, 2.24) is 9.80 Å². The van der Waals surface area contributed by atoms with Gasteiger partial charge >= 0.3 is 17.9 Å². The first-order chi connectivity index (χ1) is 40.4. The number of quaternary nitrogens is 4. The monoisotopic (exact) mass is 1400 g/mol. The van der Waals surface area contributed by atoms with Gasteiger partial charge in [0, 0.05) is 35.8 Å². The molecule has 0 aliphatic carbocycles. The van der Waals surface area contributed by atoms with Crippen molar-refractivity contribution in [2.24, 2.45) is 41.1 Å². The molecule has 4 amide bonds. The average Bonchev–Trinajstić information content (AvgIpc) is 2.03. The molecule has 12 rings (SSSR count). The third-order valence-corrected chi connectivity index (χ3v) is 21.6. The van der Waals surface area contributed by atoms with E-state index in [0.717, 1.165) is 135 Å². The number of amides is 4. The standard InChI is InChI=1S/C34H44IN4O8.C27H35IN4O6/c1-5-17-44-34(43)31-25(22(3)30-29(32(41)37(30)31)23(4)33(42)47-46-18-6-2)21-45-27-19-24(7-8-26(27)35)9-10-38-11-14-39(15-12-38,16-13-38)20-28(36)40;1-16-19(25(27(36)37)30-24(16)23(17(2)33)26(30)35)15-38-21-13-18(3-4-20(21)28)5-6-31-7-10-32(11-8-31,12-9-31)14-22(29)34/h5-8,19,22-23,29-30H,1-2,9-18,20-21H2,3-4H3,(H-,36,40);3-4,13,16-17,23-24,33H,5-12,14-15H2,1-2H3,(H-2,29,34,36,37)/q+1;/p+3/t22-,23?,29?,30?,38?,39?;16-,17?,23?,24?,31?,32?/m00/s1. The molecule has 8 saturated heterocycles. The van der Waals surface area contributed by atoms with Gasteiger partial charge in [0.2, 0.25) is 11.8 Å². The zero-order chi connectivity index (χ0) is 61.3. The van der Waals surface area contributed by atoms with Gasteiger partial charge in [-0.05, 0) is 87.5 Å². The third kappa shape index (κ3) is 13.1. The van der Waals surface area contributed by atoms with Gasteiger partial charge < -0.3 is 63.6 Å². The Kier molecular flexibility index (Phi) is 19.6. The number of esters is 1. The van der Waals surface area contributed by atoms with Crippen LogP contribution >= 0.6 is 45.2 Å². The number of ether oxygens (including phenoxy) is 3. The van der Waals surface area contributed by atoms with Gasteiger partial charge in [0.15, 0.2) is 13.1 Å². The van der Waals surface area contributed by atoms with E-state index in [0.29, 0.717) is 35.7 Å². The largest absolute Gasteiger partial charge is 0.488 e. The minimum atomic E-state index is -1.14. The summed E-state index contributed by atoms with van der Waals surface area (Å²) in [6.45, 7) is 29.6. The van der Waals surface area contributed by atoms with Crippen LogP contribution in [0.25, 0.3) is 0 Å². The van der Waals surface area contributed by atoms with Crippen LogP contribution in [0.5, 0.6) is 11.5 Å². The molecule has 2 aromatic rings. The highest BCUT2D eigenvalue weighted by Crippen LogP contribution is 2.50. The lowest BCUT2D eigenvalue weighted by atomic mass is 9.74. The maximum absolute atomic E-state index is 13.4. The molecule has 2 aromatic carbocycles. The number of aliphatic hydroxyl groups excluding tert-OH is 1. The first-order valence-corrected chi connectivity index (χ1v) is 31.6. The van der Waals surface area contributed by atoms with Crippen LogP contribution in [-0.2, 0) is 60.9 Å². The number of aliphatic carboxylic acids is 1. The number of carbonyl (C=O) groups excluding carboxylic acids is 6. The van der Waals surface area contributed by atoms with E-state index in [1.165, 1.54) is 27.5 Å². The van der Waals surface area contributed by atoms with Crippen LogP contribution in [0, 0.1) is 36.7 Å². The smallest absolute Gasteiger partial charge is 0.355 e. The lowest BCUT2D eigenvalue weighted by Crippen LogP contribution is -2.76. The number of carboxylic acid groups (broad SMARTS) is 1. The van der Waals surface area contributed by atoms with Crippen LogP contribution in [0.2, 0.25) is 0 Å². The molecular weight excluding hydrogens is 1320 g/mol. The van der Waals surface area contributed by atoms with Crippen molar-refractivity contribution in [3.63, 3.8) is 0 Å². The third-order valence-electron chi connectivity index (χ3n) is 19.9. The maximum atomic E-state index is 13.4. The number of hydrogen-bond donors (Lipinski definition) is 4. The lowest BCUT2D eigenvalue weighted by molar-refractivity contribution is -1.08. The minimum absolute atomic E-state index is 0.00453. The second kappa shape index (κ2) is 26.1. The molecule has 6 unspecified atom stereocenters. The number of carbonyl (C=O) groups is 7. The zero-order valence-corrected chi connectivity index (χ0v) is 53.4. The number of hydrogen-bond acceptors (Lipinski definition) is 13. The number of fused-ring (bicyclic) bond motifs is 8. The van der Waals surface area contributed by atoms with E-state index in [-0.39, 0.29) is 79.3 Å². The fourth-order valence-corrected chi connectivity index (χ4v) is 15.6. The summed E-state index contributed by atoms with van der Waals surface area (Å²) in [7, 11) is 0. The highest BCUT2D eigenvalue weighted by atomic mass is 127. The number of benzene rings is 2. The van der Waals surface area contributed by atoms with E-state index >= 15 is 0 Å². The Morgan fingerprint density at radius 3 is 1.49 bits per heavy atom. The molecule has 0 saturated carbocycles. The summed E-state index contributed by atoms with van der Waals surface area (Å²) in [4.78, 5) is 99.6. The van der Waals surface area contributed by atoms with Crippen molar-refractivity contribution >= 4 is 86.7 Å². The molecule has 460 valence electrons. The Hall–Kier alpha value is -5.49. The van der Waals surface area contributed by atoms with Crippen LogP contribution in [-0.4, -0.2) is 229 Å². The minimum Gasteiger partial charge on any atom is -0.488 e. The number of carboxylic acids is 1. The van der Waals surface area contributed by atoms with Gasteiger partial charge in [-0.3, -0.25) is 24.1 Å². The fourth-order valence-electron chi connectivity index (χ4n) is 14.6. The normalized spacial score (nSPS) is 30.2. The van der Waals surface area contributed by atoms with Gasteiger partial charge in [-0.25, -0.2) is 14.4 Å². The number of piperazine rings is 6. The van der Waals surface area contributed by atoms with E-state index in [1.54, 1.807) is 13.8 Å². The molecule has 22 nitrogen and oxygen atoms in total. The van der Waals surface area contributed by atoms with E-state index in [1.807, 2.05) is 32.0 Å². The van der Waals surface area contributed by atoms with E-state index in [2.05, 4.69) is 76.5 Å². The zero-order valence-electron chi connectivity index (χ0n) is 49.1. The van der Waals surface area contributed by atoms with Gasteiger partial charge in [-0.1, -0.05) is 51.6 Å². The van der Waals surface area contributed by atoms with Crippen molar-refractivity contribution in [1.29, 1.82) is 0 Å². The molecule has 85 heavy (non-hydrogen) atoms. The first-order valence-electron chi connectivity index (χ1n) is 29.5. The molecule has 6 N–H and O–H groups in total. The van der Waals surface area contributed by atoms with Crippen molar-refractivity contribution in [3.05, 3.63) is 103 Å². The average molecular weight is 1410 g/mol. The number of aliphatic hydroxyl groups is 1. The number of primary amides is 2. The van der Waals surface area contributed by atoms with Crippen LogP contribution in [0.1, 0.15) is 38.8 Å². The van der Waals surface area contributed by atoms with Crippen LogP contribution < -0.4 is 20.9 Å². The molecule has 10 heterocycles. The second-order valence-corrected chi connectivity index (χ2v) is 27.1. The molecule has 8 fully saturated rings. The van der Waals surface area contributed by atoms with Crippen molar-refractivity contribution in [2.45, 2.75) is 58.7 Å². The molecule has 4 bridgehead atoms. The predicted molar refractivity (Wildman–Crippen MR) is 327 cm³/mol. The first kappa shape index (κ1) is 64.0. The highest BCUT2D eigenvalue weighted by Gasteiger charge is 2.62. The molecule has 10 aliphatic heterocycles. The van der Waals surface area contributed by atoms with E-state index in [4.69, 9.17) is 35.5 Å². The lowest BCUT2D eigenvalue weighted by Gasteiger charge is -2.55. The number of nitrogens with zero attached hydrogens (tertiary/aromatic N) is 6. The number of halogens is 2. The Morgan fingerprint density at radius 1 is 0.659 bits per heavy atom. The van der Waals surface area contributed by atoms with E-state index < -0.39 is 47.8 Å². The number of β-lactam (4-membered cyclic amide) rings is 2.